The number of nitrogens with zero attached hydrogens (tertiary/aromatic N) is 1. The SMILES string of the molecule is O=C(O)C1CSCN1C(=O)C1CCCN1. The Bertz CT molecular complexity index is 279. The molecule has 2 aliphatic rings. The highest BCUT2D eigenvalue weighted by Crippen LogP contribution is 2.23. The molecule has 2 unspecified atom stereocenters. The summed E-state index contributed by atoms with van der Waals surface area (Å²) < 4.78 is 0. The van der Waals surface area contributed by atoms with Crippen LogP contribution >= 0.6 is 11.8 Å². The van der Waals surface area contributed by atoms with E-state index in [9.17, 15) is 9.59 Å². The number of aliphatic carboxylic acids is 1. The van der Waals surface area contributed by atoms with E-state index in [2.05, 4.69) is 5.32 Å². The first-order valence-corrected chi connectivity index (χ1v) is 6.20. The zero-order chi connectivity index (χ0) is 10.8. The molecule has 2 aliphatic heterocycles. The molecule has 0 bridgehead atoms. The molecule has 5 nitrogen and oxygen atoms in total. The molecule has 0 aromatic rings. The topological polar surface area (TPSA) is 69.6 Å². The number of rotatable bonds is 2. The van der Waals surface area contributed by atoms with Crippen LogP contribution in [0.3, 0.4) is 0 Å². The van der Waals surface area contributed by atoms with Crippen molar-refractivity contribution in [1.29, 1.82) is 0 Å². The van der Waals surface area contributed by atoms with E-state index in [0.29, 0.717) is 11.6 Å². The molecule has 6 heteroatoms. The van der Waals surface area contributed by atoms with E-state index in [-0.39, 0.29) is 11.9 Å². The summed E-state index contributed by atoms with van der Waals surface area (Å²) in [6, 6.07) is -0.796. The van der Waals surface area contributed by atoms with Gasteiger partial charge in [-0.1, -0.05) is 0 Å². The molecule has 2 heterocycles. The molecule has 0 aromatic carbocycles. The Kier molecular flexibility index (Phi) is 3.16. The van der Waals surface area contributed by atoms with Gasteiger partial charge in [-0.05, 0) is 19.4 Å². The van der Waals surface area contributed by atoms with Crippen molar-refractivity contribution in [2.75, 3.05) is 18.2 Å². The van der Waals surface area contributed by atoms with Gasteiger partial charge in [0.05, 0.1) is 11.9 Å². The molecule has 2 saturated heterocycles. The minimum Gasteiger partial charge on any atom is -0.480 e. The van der Waals surface area contributed by atoms with Crippen molar-refractivity contribution < 1.29 is 14.7 Å². The first-order valence-electron chi connectivity index (χ1n) is 5.04. The molecule has 2 atom stereocenters. The van der Waals surface area contributed by atoms with Gasteiger partial charge < -0.3 is 15.3 Å². The normalized spacial score (nSPS) is 30.8. The highest BCUT2D eigenvalue weighted by Gasteiger charge is 2.38. The summed E-state index contributed by atoms with van der Waals surface area (Å²) in [6.45, 7) is 0.856. The lowest BCUT2D eigenvalue weighted by atomic mass is 10.2. The van der Waals surface area contributed by atoms with Crippen LogP contribution in [0.2, 0.25) is 0 Å². The zero-order valence-corrected chi connectivity index (χ0v) is 9.13. The highest BCUT2D eigenvalue weighted by atomic mass is 32.2. The Balaban J connectivity index is 2.02. The van der Waals surface area contributed by atoms with Crippen LogP contribution in [-0.4, -0.2) is 52.1 Å². The first kappa shape index (κ1) is 10.8. The number of carbonyl (C=O) groups excluding carboxylic acids is 1. The van der Waals surface area contributed by atoms with E-state index in [1.165, 1.54) is 16.7 Å². The lowest BCUT2D eigenvalue weighted by Crippen LogP contribution is -2.48. The van der Waals surface area contributed by atoms with Crippen LogP contribution in [0, 0.1) is 0 Å². The lowest BCUT2D eigenvalue weighted by Gasteiger charge is -2.23. The number of nitrogens with one attached hydrogen (secondary N) is 1. The Labute approximate surface area is 92.2 Å². The lowest BCUT2D eigenvalue weighted by molar-refractivity contribution is -0.148. The van der Waals surface area contributed by atoms with E-state index in [1.54, 1.807) is 0 Å². The fourth-order valence-electron chi connectivity index (χ4n) is 1.96. The van der Waals surface area contributed by atoms with E-state index in [0.717, 1.165) is 19.4 Å². The van der Waals surface area contributed by atoms with Crippen LogP contribution in [0.4, 0.5) is 0 Å². The number of thioether (sulfide) groups is 1. The molecular formula is C9H14N2O3S. The van der Waals surface area contributed by atoms with Gasteiger partial charge in [-0.2, -0.15) is 0 Å². The second-order valence-electron chi connectivity index (χ2n) is 3.81. The Morgan fingerprint density at radius 3 is 2.87 bits per heavy atom. The van der Waals surface area contributed by atoms with Gasteiger partial charge in [0.2, 0.25) is 5.91 Å². The molecule has 2 fully saturated rings. The van der Waals surface area contributed by atoms with E-state index < -0.39 is 12.0 Å². The molecule has 0 spiro atoms. The molecule has 1 amide bonds. The minimum absolute atomic E-state index is 0.0510. The van der Waals surface area contributed by atoms with Crippen molar-refractivity contribution in [3.8, 4) is 0 Å². The molecular weight excluding hydrogens is 216 g/mol. The summed E-state index contributed by atoms with van der Waals surface area (Å²) in [5, 5.41) is 12.0. The number of carboxylic acid groups (broad SMARTS) is 1. The molecule has 0 aliphatic carbocycles. The van der Waals surface area contributed by atoms with Crippen LogP contribution in [0.15, 0.2) is 0 Å². The van der Waals surface area contributed by atoms with Gasteiger partial charge in [0.25, 0.3) is 0 Å². The number of carbonyl (C=O) groups is 2. The third-order valence-corrected chi connectivity index (χ3v) is 3.82. The smallest absolute Gasteiger partial charge is 0.327 e. The van der Waals surface area contributed by atoms with Gasteiger partial charge in [-0.3, -0.25) is 4.79 Å². The van der Waals surface area contributed by atoms with Crippen LogP contribution in [0.25, 0.3) is 0 Å². The van der Waals surface area contributed by atoms with E-state index >= 15 is 0 Å². The van der Waals surface area contributed by atoms with Gasteiger partial charge in [0.15, 0.2) is 0 Å². The average Bonchev–Trinajstić information content (AvgIpc) is 2.88. The predicted octanol–water partition coefficient (Wildman–Crippen LogP) is -0.276. The number of amides is 1. The molecule has 2 N–H and O–H groups in total. The Morgan fingerprint density at radius 2 is 2.27 bits per heavy atom. The van der Waals surface area contributed by atoms with E-state index in [1.807, 2.05) is 0 Å². The molecule has 0 aromatic heterocycles. The molecule has 2 rings (SSSR count). The zero-order valence-electron chi connectivity index (χ0n) is 8.31. The third kappa shape index (κ3) is 2.10. The number of hydrogen-bond acceptors (Lipinski definition) is 4. The second-order valence-corrected chi connectivity index (χ2v) is 4.81. The molecule has 0 saturated carbocycles. The van der Waals surface area contributed by atoms with Gasteiger partial charge in [0, 0.05) is 5.75 Å². The molecule has 84 valence electrons. The summed E-state index contributed by atoms with van der Waals surface area (Å²) in [5.74, 6) is 0.0677. The van der Waals surface area contributed by atoms with Crippen molar-refractivity contribution in [3.63, 3.8) is 0 Å². The standard InChI is InChI=1S/C9H14N2O3S/c12-8(6-2-1-3-10-6)11-5-15-4-7(11)9(13)14/h6-7,10H,1-5H2,(H,13,14). The second kappa shape index (κ2) is 4.40. The monoisotopic (exact) mass is 230 g/mol. The van der Waals surface area contributed by atoms with Crippen molar-refractivity contribution in [1.82, 2.24) is 10.2 Å². The third-order valence-electron chi connectivity index (χ3n) is 2.81. The maximum Gasteiger partial charge on any atom is 0.327 e. The highest BCUT2D eigenvalue weighted by molar-refractivity contribution is 7.99. The van der Waals surface area contributed by atoms with Gasteiger partial charge in [-0.25, -0.2) is 4.79 Å². The average molecular weight is 230 g/mol. The van der Waals surface area contributed by atoms with Crippen LogP contribution in [0.5, 0.6) is 0 Å². The summed E-state index contributed by atoms with van der Waals surface area (Å²) >= 11 is 1.50. The van der Waals surface area contributed by atoms with Crippen molar-refractivity contribution in [2.24, 2.45) is 0 Å². The predicted molar refractivity (Wildman–Crippen MR) is 56.6 cm³/mol. The quantitative estimate of drug-likeness (QED) is 0.683. The van der Waals surface area contributed by atoms with Gasteiger partial charge in [0.1, 0.15) is 6.04 Å². The minimum atomic E-state index is -0.897. The number of hydrogen-bond donors (Lipinski definition) is 2. The van der Waals surface area contributed by atoms with Crippen molar-refractivity contribution >= 4 is 23.6 Å². The van der Waals surface area contributed by atoms with Crippen molar-refractivity contribution in [3.05, 3.63) is 0 Å². The van der Waals surface area contributed by atoms with Crippen LogP contribution in [0.1, 0.15) is 12.8 Å². The fraction of sp³-hybridized carbons (Fsp3) is 0.778. The van der Waals surface area contributed by atoms with Crippen LogP contribution < -0.4 is 5.32 Å². The summed E-state index contributed by atoms with van der Waals surface area (Å²) in [6.07, 6.45) is 1.82. The van der Waals surface area contributed by atoms with Gasteiger partial charge >= 0.3 is 5.97 Å². The first-order chi connectivity index (χ1) is 7.20. The Hall–Kier alpha value is -0.750. The fourth-order valence-corrected chi connectivity index (χ4v) is 3.12. The van der Waals surface area contributed by atoms with Crippen molar-refractivity contribution in [2.45, 2.75) is 24.9 Å². The van der Waals surface area contributed by atoms with Crippen LogP contribution in [-0.2, 0) is 9.59 Å². The molecule has 15 heavy (non-hydrogen) atoms. The largest absolute Gasteiger partial charge is 0.480 e. The van der Waals surface area contributed by atoms with E-state index in [4.69, 9.17) is 5.11 Å². The summed E-state index contributed by atoms with van der Waals surface area (Å²) in [4.78, 5) is 24.3. The molecule has 0 radical (unpaired) electrons. The number of carboxylic acids is 1. The maximum atomic E-state index is 11.9. The van der Waals surface area contributed by atoms with Gasteiger partial charge in [-0.15, -0.1) is 11.8 Å². The summed E-state index contributed by atoms with van der Waals surface area (Å²) in [7, 11) is 0. The Morgan fingerprint density at radius 1 is 1.47 bits per heavy atom. The maximum absolute atomic E-state index is 11.9. The summed E-state index contributed by atoms with van der Waals surface area (Å²) in [5.41, 5.74) is 0.